The molecule has 0 aromatic heterocycles. The maximum atomic E-state index is 12.3. The largest absolute Gasteiger partial charge is 0.394 e. The van der Waals surface area contributed by atoms with Crippen molar-refractivity contribution in [2.45, 2.75) is 63.6 Å². The summed E-state index contributed by atoms with van der Waals surface area (Å²) in [5.41, 5.74) is 3.01. The molecule has 0 aliphatic carbocycles. The number of fused-ring (bicyclic) bond motifs is 3. The average Bonchev–Trinajstić information content (AvgIpc) is 3.39. The normalized spacial score (nSPS) is 31.5. The number of benzene rings is 2. The van der Waals surface area contributed by atoms with E-state index in [2.05, 4.69) is 10.6 Å². The summed E-state index contributed by atoms with van der Waals surface area (Å²) >= 11 is 0. The van der Waals surface area contributed by atoms with Gasteiger partial charge in [-0.25, -0.2) is 0 Å². The Hall–Kier alpha value is -2.86. The summed E-state index contributed by atoms with van der Waals surface area (Å²) in [6.45, 7) is 3.54. The molecule has 35 heavy (non-hydrogen) atoms. The van der Waals surface area contributed by atoms with Crippen LogP contribution in [0.3, 0.4) is 0 Å². The van der Waals surface area contributed by atoms with E-state index < -0.39 is 55.1 Å². The fourth-order valence-electron chi connectivity index (χ4n) is 4.45. The topological polar surface area (TPSA) is 125 Å². The zero-order valence-corrected chi connectivity index (χ0v) is 19.4. The number of aliphatic hydroxyl groups excluding tert-OH is 1. The number of ether oxygens (including phenoxy) is 5. The first-order valence-electron chi connectivity index (χ1n) is 11.5. The molecule has 0 bridgehead atoms. The molecule has 3 N–H and O–H groups in total. The van der Waals surface area contributed by atoms with Crippen molar-refractivity contribution in [2.24, 2.45) is 0 Å². The van der Waals surface area contributed by atoms with Crippen LogP contribution >= 0.6 is 0 Å². The van der Waals surface area contributed by atoms with Gasteiger partial charge in [-0.2, -0.15) is 0 Å². The lowest BCUT2D eigenvalue weighted by Gasteiger charge is -2.37. The number of anilines is 2. The number of aliphatic hydroxyl groups is 1. The molecule has 7 unspecified atom stereocenters. The van der Waals surface area contributed by atoms with Gasteiger partial charge in [-0.1, -0.05) is 29.8 Å². The molecular formula is C25H28N2O8. The zero-order valence-electron chi connectivity index (χ0n) is 19.4. The number of rotatable bonds is 6. The Bertz CT molecular complexity index is 1060. The van der Waals surface area contributed by atoms with E-state index >= 15 is 0 Å². The Morgan fingerprint density at radius 2 is 1.43 bits per heavy atom. The molecule has 0 saturated carbocycles. The molecular weight excluding hydrogens is 456 g/mol. The standard InChI is InChI=1S/C25H28N2O8/c1-13-3-7-16(8-4-13)26-19(29)11-20(30)27-17-9-5-15(6-10-17)24-34-23-22-21(33-25(23)35-24)18(12-28)31-14(2)32-22/h3-10,14,18,21-25,28H,11-12H2,1-2H3,(H,26,29)(H,27,30). The van der Waals surface area contributed by atoms with E-state index in [4.69, 9.17) is 23.7 Å². The Balaban J connectivity index is 1.13. The van der Waals surface area contributed by atoms with Crippen molar-refractivity contribution in [3.8, 4) is 0 Å². The van der Waals surface area contributed by atoms with Crippen molar-refractivity contribution in [1.82, 2.24) is 0 Å². The van der Waals surface area contributed by atoms with E-state index in [0.717, 1.165) is 11.1 Å². The van der Waals surface area contributed by atoms with Gasteiger partial charge in [0.25, 0.3) is 0 Å². The molecule has 2 aromatic rings. The highest BCUT2D eigenvalue weighted by atomic mass is 16.8. The smallest absolute Gasteiger partial charge is 0.233 e. The zero-order chi connectivity index (χ0) is 24.5. The maximum absolute atomic E-state index is 12.3. The van der Waals surface area contributed by atoms with Gasteiger partial charge < -0.3 is 39.4 Å². The molecule has 3 heterocycles. The van der Waals surface area contributed by atoms with E-state index in [9.17, 15) is 14.7 Å². The number of amides is 2. The van der Waals surface area contributed by atoms with Gasteiger partial charge in [-0.05, 0) is 38.1 Å². The van der Waals surface area contributed by atoms with Crippen LogP contribution in [0.5, 0.6) is 0 Å². The Morgan fingerprint density at radius 3 is 2.06 bits per heavy atom. The van der Waals surface area contributed by atoms with Crippen molar-refractivity contribution in [2.75, 3.05) is 17.2 Å². The van der Waals surface area contributed by atoms with Crippen LogP contribution in [-0.2, 0) is 33.3 Å². The molecule has 10 heteroatoms. The quantitative estimate of drug-likeness (QED) is 0.533. The minimum absolute atomic E-state index is 0.182. The Morgan fingerprint density at radius 1 is 0.800 bits per heavy atom. The van der Waals surface area contributed by atoms with Crippen LogP contribution in [0.2, 0.25) is 0 Å². The second kappa shape index (κ2) is 10.0. The summed E-state index contributed by atoms with van der Waals surface area (Å²) in [5, 5.41) is 15.0. The van der Waals surface area contributed by atoms with Crippen molar-refractivity contribution in [1.29, 1.82) is 0 Å². The molecule has 186 valence electrons. The molecule has 3 saturated heterocycles. The van der Waals surface area contributed by atoms with Crippen molar-refractivity contribution in [3.63, 3.8) is 0 Å². The molecule has 3 aliphatic rings. The molecule has 0 radical (unpaired) electrons. The summed E-state index contributed by atoms with van der Waals surface area (Å²) in [7, 11) is 0. The number of aryl methyl sites for hydroxylation is 1. The van der Waals surface area contributed by atoms with Crippen LogP contribution in [0.4, 0.5) is 11.4 Å². The van der Waals surface area contributed by atoms with Gasteiger partial charge >= 0.3 is 0 Å². The van der Waals surface area contributed by atoms with Gasteiger partial charge in [0.2, 0.25) is 11.8 Å². The second-order valence-electron chi connectivity index (χ2n) is 8.82. The fourth-order valence-corrected chi connectivity index (χ4v) is 4.45. The minimum atomic E-state index is -0.662. The third-order valence-electron chi connectivity index (χ3n) is 6.13. The lowest BCUT2D eigenvalue weighted by Crippen LogP contribution is -2.51. The van der Waals surface area contributed by atoms with E-state index in [1.165, 1.54) is 0 Å². The summed E-state index contributed by atoms with van der Waals surface area (Å²) in [5.74, 6) is -0.817. The predicted molar refractivity (Wildman–Crippen MR) is 123 cm³/mol. The van der Waals surface area contributed by atoms with Crippen LogP contribution in [0, 0.1) is 6.92 Å². The van der Waals surface area contributed by atoms with Crippen LogP contribution in [0.1, 0.15) is 30.8 Å². The molecule has 3 aliphatic heterocycles. The molecule has 2 amide bonds. The number of hydrogen-bond donors (Lipinski definition) is 3. The second-order valence-corrected chi connectivity index (χ2v) is 8.82. The van der Waals surface area contributed by atoms with Crippen LogP contribution in [-0.4, -0.2) is 60.5 Å². The number of carbonyl (C=O) groups is 2. The fraction of sp³-hybridized carbons (Fsp3) is 0.440. The first-order chi connectivity index (χ1) is 16.9. The van der Waals surface area contributed by atoms with E-state index in [1.807, 2.05) is 19.1 Å². The molecule has 7 atom stereocenters. The van der Waals surface area contributed by atoms with Gasteiger partial charge in [0.05, 0.1) is 6.61 Å². The van der Waals surface area contributed by atoms with Crippen molar-refractivity contribution >= 4 is 23.2 Å². The first-order valence-corrected chi connectivity index (χ1v) is 11.5. The lowest BCUT2D eigenvalue weighted by atomic mass is 10.0. The van der Waals surface area contributed by atoms with Crippen LogP contribution in [0.25, 0.3) is 0 Å². The lowest BCUT2D eigenvalue weighted by molar-refractivity contribution is -0.296. The molecule has 2 aromatic carbocycles. The number of hydrogen-bond acceptors (Lipinski definition) is 8. The van der Waals surface area contributed by atoms with E-state index in [-0.39, 0.29) is 13.0 Å². The molecule has 10 nitrogen and oxygen atoms in total. The van der Waals surface area contributed by atoms with Gasteiger partial charge in [0.15, 0.2) is 18.9 Å². The molecule has 5 rings (SSSR count). The van der Waals surface area contributed by atoms with Gasteiger partial charge in [-0.3, -0.25) is 9.59 Å². The SMILES string of the molecule is Cc1ccc(NC(=O)CC(=O)Nc2ccc(C3OC4OC5C(CO)OC(C)OC5C4O3)cc2)cc1. The monoisotopic (exact) mass is 484 g/mol. The highest BCUT2D eigenvalue weighted by Crippen LogP contribution is 2.43. The minimum Gasteiger partial charge on any atom is -0.394 e. The molecule has 0 spiro atoms. The maximum Gasteiger partial charge on any atom is 0.233 e. The van der Waals surface area contributed by atoms with Crippen molar-refractivity contribution < 1.29 is 38.4 Å². The van der Waals surface area contributed by atoms with E-state index in [0.29, 0.717) is 11.4 Å². The van der Waals surface area contributed by atoms with Gasteiger partial charge in [0.1, 0.15) is 30.8 Å². The summed E-state index contributed by atoms with van der Waals surface area (Å²) in [6.07, 6.45) is -3.90. The Kier molecular flexibility index (Phi) is 6.83. The van der Waals surface area contributed by atoms with Gasteiger partial charge in [0, 0.05) is 16.9 Å². The summed E-state index contributed by atoms with van der Waals surface area (Å²) in [6, 6.07) is 14.3. The van der Waals surface area contributed by atoms with Crippen LogP contribution < -0.4 is 10.6 Å². The van der Waals surface area contributed by atoms with Crippen molar-refractivity contribution in [3.05, 3.63) is 59.7 Å². The molecule has 3 fully saturated rings. The highest BCUT2D eigenvalue weighted by molar-refractivity contribution is 6.08. The summed E-state index contributed by atoms with van der Waals surface area (Å²) < 4.78 is 29.3. The highest BCUT2D eigenvalue weighted by Gasteiger charge is 2.57. The third-order valence-corrected chi connectivity index (χ3v) is 6.13. The summed E-state index contributed by atoms with van der Waals surface area (Å²) in [4.78, 5) is 24.4. The third kappa shape index (κ3) is 5.22. The van der Waals surface area contributed by atoms with E-state index in [1.54, 1.807) is 43.3 Å². The predicted octanol–water partition coefficient (Wildman–Crippen LogP) is 2.22. The Labute approximate surface area is 202 Å². The number of nitrogens with one attached hydrogen (secondary N) is 2. The average molecular weight is 485 g/mol. The van der Waals surface area contributed by atoms with Gasteiger partial charge in [-0.15, -0.1) is 0 Å². The number of carbonyl (C=O) groups excluding carboxylic acids is 2. The first kappa shape index (κ1) is 23.9. The van der Waals surface area contributed by atoms with Crippen LogP contribution in [0.15, 0.2) is 48.5 Å².